The predicted octanol–water partition coefficient (Wildman–Crippen LogP) is 0.802. The smallest absolute Gasteiger partial charge is 0.292 e. The van der Waals surface area contributed by atoms with Crippen LogP contribution in [-0.2, 0) is 9.84 Å². The maximum atomic E-state index is 11.5. The van der Waals surface area contributed by atoms with Crippen LogP contribution in [0.4, 0.5) is 17.1 Å². The highest BCUT2D eigenvalue weighted by Crippen LogP contribution is 2.27. The number of hydrogen-bond donors (Lipinski definition) is 1. The largest absolute Gasteiger partial charge is 0.393 e. The zero-order valence-corrected chi connectivity index (χ0v) is 11.1. The molecular formula is C11H15N3O4S. The van der Waals surface area contributed by atoms with Crippen molar-refractivity contribution >= 4 is 26.9 Å². The Morgan fingerprint density at radius 2 is 2.00 bits per heavy atom. The summed E-state index contributed by atoms with van der Waals surface area (Å²) in [6, 6.07) is 4.48. The van der Waals surface area contributed by atoms with Gasteiger partial charge in [-0.25, -0.2) is 8.42 Å². The first-order valence-electron chi connectivity index (χ1n) is 5.88. The van der Waals surface area contributed by atoms with Crippen LogP contribution in [0.15, 0.2) is 18.2 Å². The molecule has 2 rings (SSSR count). The molecule has 8 heteroatoms. The van der Waals surface area contributed by atoms with Crippen molar-refractivity contribution in [3.8, 4) is 0 Å². The number of sulfone groups is 1. The lowest BCUT2D eigenvalue weighted by Crippen LogP contribution is -2.26. The van der Waals surface area contributed by atoms with Crippen LogP contribution in [0.3, 0.4) is 0 Å². The van der Waals surface area contributed by atoms with Gasteiger partial charge in [-0.05, 0) is 18.6 Å². The van der Waals surface area contributed by atoms with Crippen molar-refractivity contribution in [3.63, 3.8) is 0 Å². The molecule has 1 saturated heterocycles. The van der Waals surface area contributed by atoms with E-state index in [1.165, 1.54) is 12.1 Å². The molecule has 0 radical (unpaired) electrons. The summed E-state index contributed by atoms with van der Waals surface area (Å²) in [4.78, 5) is 12.0. The number of nitro benzene ring substituents is 1. The molecule has 7 nitrogen and oxygen atoms in total. The molecule has 1 aliphatic heterocycles. The number of hydrogen-bond acceptors (Lipinski definition) is 6. The van der Waals surface area contributed by atoms with Gasteiger partial charge in [-0.2, -0.15) is 0 Å². The Bertz CT molecular complexity index is 600. The predicted molar refractivity (Wildman–Crippen MR) is 73.0 cm³/mol. The van der Waals surface area contributed by atoms with Gasteiger partial charge in [-0.15, -0.1) is 0 Å². The van der Waals surface area contributed by atoms with Crippen LogP contribution in [0.25, 0.3) is 0 Å². The third kappa shape index (κ3) is 3.14. The van der Waals surface area contributed by atoms with Crippen molar-refractivity contribution in [2.75, 3.05) is 35.2 Å². The highest BCUT2D eigenvalue weighted by Gasteiger charge is 2.20. The van der Waals surface area contributed by atoms with Crippen LogP contribution in [0.5, 0.6) is 0 Å². The summed E-state index contributed by atoms with van der Waals surface area (Å²) in [6.07, 6.45) is 0.555. The van der Waals surface area contributed by atoms with E-state index in [1.807, 2.05) is 4.90 Å². The molecule has 0 aliphatic carbocycles. The van der Waals surface area contributed by atoms with Crippen LogP contribution in [0.2, 0.25) is 0 Å². The summed E-state index contributed by atoms with van der Waals surface area (Å²) in [5.74, 6) is 0.288. The summed E-state index contributed by atoms with van der Waals surface area (Å²) in [5.41, 5.74) is 6.32. The minimum absolute atomic E-state index is 0.0922. The Morgan fingerprint density at radius 1 is 1.26 bits per heavy atom. The first-order chi connectivity index (χ1) is 8.89. The fraction of sp³-hybridized carbons (Fsp3) is 0.455. The van der Waals surface area contributed by atoms with Crippen LogP contribution in [-0.4, -0.2) is 37.9 Å². The Balaban J connectivity index is 2.23. The molecule has 1 aliphatic rings. The average molecular weight is 285 g/mol. The molecule has 0 amide bonds. The highest BCUT2D eigenvalue weighted by atomic mass is 32.2. The van der Waals surface area contributed by atoms with Crippen molar-refractivity contribution in [1.82, 2.24) is 0 Å². The molecule has 0 aromatic heterocycles. The number of nitrogens with zero attached hydrogens (tertiary/aromatic N) is 2. The molecular weight excluding hydrogens is 270 g/mol. The Morgan fingerprint density at radius 3 is 2.63 bits per heavy atom. The van der Waals surface area contributed by atoms with Crippen molar-refractivity contribution in [2.24, 2.45) is 0 Å². The van der Waals surface area contributed by atoms with Gasteiger partial charge in [-0.3, -0.25) is 10.1 Å². The van der Waals surface area contributed by atoms with Crippen LogP contribution in [0, 0.1) is 10.1 Å². The Labute approximate surface area is 111 Å². The van der Waals surface area contributed by atoms with Gasteiger partial charge in [0.15, 0.2) is 9.84 Å². The van der Waals surface area contributed by atoms with Gasteiger partial charge < -0.3 is 10.6 Å². The molecule has 0 saturated carbocycles. The second-order valence-electron chi connectivity index (χ2n) is 4.49. The molecule has 0 spiro atoms. The van der Waals surface area contributed by atoms with E-state index in [1.54, 1.807) is 6.07 Å². The zero-order chi connectivity index (χ0) is 14.0. The third-order valence-electron chi connectivity index (χ3n) is 3.13. The maximum absolute atomic E-state index is 11.5. The van der Waals surface area contributed by atoms with Crippen LogP contribution >= 0.6 is 0 Å². The number of nitrogen functional groups attached to an aromatic ring is 1. The van der Waals surface area contributed by atoms with Gasteiger partial charge >= 0.3 is 0 Å². The highest BCUT2D eigenvalue weighted by molar-refractivity contribution is 7.91. The number of anilines is 2. The SMILES string of the molecule is Nc1cc(N2CCCS(=O)(=O)CC2)ccc1[N+](=O)[O-]. The fourth-order valence-corrected chi connectivity index (χ4v) is 3.37. The van der Waals surface area contributed by atoms with Crippen molar-refractivity contribution in [3.05, 3.63) is 28.3 Å². The monoisotopic (exact) mass is 285 g/mol. The quantitative estimate of drug-likeness (QED) is 0.489. The minimum atomic E-state index is -2.97. The topological polar surface area (TPSA) is 107 Å². The van der Waals surface area contributed by atoms with E-state index < -0.39 is 14.8 Å². The molecule has 2 N–H and O–H groups in total. The van der Waals surface area contributed by atoms with Gasteiger partial charge in [-0.1, -0.05) is 0 Å². The Kier molecular flexibility index (Phi) is 3.61. The molecule has 0 atom stereocenters. The van der Waals surface area contributed by atoms with E-state index >= 15 is 0 Å². The lowest BCUT2D eigenvalue weighted by atomic mass is 10.2. The summed E-state index contributed by atoms with van der Waals surface area (Å²) in [5, 5.41) is 10.7. The summed E-state index contributed by atoms with van der Waals surface area (Å²) in [6.45, 7) is 0.996. The van der Waals surface area contributed by atoms with Crippen molar-refractivity contribution in [1.29, 1.82) is 0 Å². The number of benzene rings is 1. The van der Waals surface area contributed by atoms with Crippen molar-refractivity contribution in [2.45, 2.75) is 6.42 Å². The molecule has 19 heavy (non-hydrogen) atoms. The molecule has 0 bridgehead atoms. The molecule has 104 valence electrons. The van der Waals surface area contributed by atoms with Gasteiger partial charge in [0.2, 0.25) is 0 Å². The number of nitrogens with two attached hydrogens (primary N) is 1. The summed E-state index contributed by atoms with van der Waals surface area (Å²) in [7, 11) is -2.97. The standard InChI is InChI=1S/C11H15N3O4S/c12-10-8-9(2-3-11(10)14(15)16)13-4-1-6-19(17,18)7-5-13/h2-3,8H,1,4-7,12H2. The van der Waals surface area contributed by atoms with Gasteiger partial charge in [0, 0.05) is 24.8 Å². The van der Waals surface area contributed by atoms with Crippen LogP contribution in [0.1, 0.15) is 6.42 Å². The van der Waals surface area contributed by atoms with Crippen LogP contribution < -0.4 is 10.6 Å². The summed E-state index contributed by atoms with van der Waals surface area (Å²) >= 11 is 0. The van der Waals surface area contributed by atoms with Gasteiger partial charge in [0.25, 0.3) is 5.69 Å². The van der Waals surface area contributed by atoms with E-state index in [4.69, 9.17) is 5.73 Å². The Hall–Kier alpha value is -1.83. The number of rotatable bonds is 2. The molecule has 1 fully saturated rings. The third-order valence-corrected chi connectivity index (χ3v) is 4.84. The number of nitro groups is 1. The molecule has 1 aromatic carbocycles. The van der Waals surface area contributed by atoms with Crippen molar-refractivity contribution < 1.29 is 13.3 Å². The minimum Gasteiger partial charge on any atom is -0.393 e. The van der Waals surface area contributed by atoms with E-state index in [-0.39, 0.29) is 22.9 Å². The van der Waals surface area contributed by atoms with Gasteiger partial charge in [0.05, 0.1) is 16.4 Å². The van der Waals surface area contributed by atoms with E-state index in [0.717, 1.165) is 5.69 Å². The average Bonchev–Trinajstić information content (AvgIpc) is 2.49. The van der Waals surface area contributed by atoms with E-state index in [9.17, 15) is 18.5 Å². The normalized spacial score (nSPS) is 18.8. The van der Waals surface area contributed by atoms with E-state index in [0.29, 0.717) is 19.5 Å². The second-order valence-corrected chi connectivity index (χ2v) is 6.80. The lowest BCUT2D eigenvalue weighted by molar-refractivity contribution is -0.383. The molecule has 1 heterocycles. The lowest BCUT2D eigenvalue weighted by Gasteiger charge is -2.22. The zero-order valence-electron chi connectivity index (χ0n) is 10.3. The maximum Gasteiger partial charge on any atom is 0.292 e. The first-order valence-corrected chi connectivity index (χ1v) is 7.70. The molecule has 1 aromatic rings. The second kappa shape index (κ2) is 5.04. The first kappa shape index (κ1) is 13.6. The van der Waals surface area contributed by atoms with E-state index in [2.05, 4.69) is 0 Å². The molecule has 0 unspecified atom stereocenters. The summed E-state index contributed by atoms with van der Waals surface area (Å²) < 4.78 is 23.0. The fourth-order valence-electron chi connectivity index (χ4n) is 2.10. The van der Waals surface area contributed by atoms with Gasteiger partial charge in [0.1, 0.15) is 5.69 Å².